The Hall–Kier alpha value is -1.62. The molecule has 0 saturated carbocycles. The molecule has 5 nitrogen and oxygen atoms in total. The van der Waals surface area contributed by atoms with Crippen LogP contribution in [0.4, 0.5) is 0 Å². The normalized spacial score (nSPS) is 18.6. The van der Waals surface area contributed by atoms with Crippen molar-refractivity contribution in [3.8, 4) is 0 Å². The fourth-order valence-corrected chi connectivity index (χ4v) is 2.43. The first-order valence-electron chi connectivity index (χ1n) is 5.99. The van der Waals surface area contributed by atoms with Crippen LogP contribution < -0.4 is 5.43 Å². The largest absolute Gasteiger partial charge is 0.477 e. The molecule has 1 saturated heterocycles. The number of ether oxygens (including phenoxy) is 1. The summed E-state index contributed by atoms with van der Waals surface area (Å²) in [4.78, 5) is 22.6. The summed E-state index contributed by atoms with van der Waals surface area (Å²) < 4.78 is 7.24. The van der Waals surface area contributed by atoms with Gasteiger partial charge >= 0.3 is 5.97 Å². The molecule has 1 aliphatic heterocycles. The van der Waals surface area contributed by atoms with Crippen LogP contribution in [0.5, 0.6) is 0 Å². The van der Waals surface area contributed by atoms with Crippen molar-refractivity contribution in [2.24, 2.45) is 0 Å². The topological polar surface area (TPSA) is 68.5 Å². The molecule has 18 heavy (non-hydrogen) atoms. The highest BCUT2D eigenvalue weighted by atomic mass is 16.5. The Kier molecular flexibility index (Phi) is 3.26. The molecule has 98 valence electrons. The minimum atomic E-state index is -1.18. The Balaban J connectivity index is 2.53. The van der Waals surface area contributed by atoms with Crippen LogP contribution in [0.3, 0.4) is 0 Å². The molecular weight excluding hydrogens is 234 g/mol. The molecule has 1 aromatic heterocycles. The van der Waals surface area contributed by atoms with E-state index in [-0.39, 0.29) is 11.1 Å². The summed E-state index contributed by atoms with van der Waals surface area (Å²) in [6, 6.07) is 1.39. The molecule has 0 aliphatic carbocycles. The van der Waals surface area contributed by atoms with Crippen molar-refractivity contribution in [3.05, 3.63) is 33.7 Å². The molecule has 0 atom stereocenters. The lowest BCUT2D eigenvalue weighted by molar-refractivity contribution is 0.0282. The van der Waals surface area contributed by atoms with Gasteiger partial charge in [-0.15, -0.1) is 0 Å². The van der Waals surface area contributed by atoms with E-state index in [0.717, 1.165) is 18.5 Å². The van der Waals surface area contributed by atoms with Gasteiger partial charge in [-0.05, 0) is 26.7 Å². The Morgan fingerprint density at radius 1 is 1.44 bits per heavy atom. The van der Waals surface area contributed by atoms with Crippen LogP contribution in [0.1, 0.15) is 35.8 Å². The summed E-state index contributed by atoms with van der Waals surface area (Å²) in [6.07, 6.45) is 3.09. The highest BCUT2D eigenvalue weighted by Crippen LogP contribution is 2.29. The Morgan fingerprint density at radius 3 is 2.61 bits per heavy atom. The van der Waals surface area contributed by atoms with Crippen LogP contribution in [0.25, 0.3) is 0 Å². The molecule has 0 unspecified atom stereocenters. The number of nitrogens with zero attached hydrogens (tertiary/aromatic N) is 1. The quantitative estimate of drug-likeness (QED) is 0.862. The Labute approximate surface area is 105 Å². The molecule has 0 amide bonds. The van der Waals surface area contributed by atoms with E-state index in [1.807, 2.05) is 11.5 Å². The summed E-state index contributed by atoms with van der Waals surface area (Å²) >= 11 is 0. The lowest BCUT2D eigenvalue weighted by Gasteiger charge is -2.37. The molecular formula is C13H17NO4. The zero-order valence-electron chi connectivity index (χ0n) is 10.6. The maximum Gasteiger partial charge on any atom is 0.341 e. The molecule has 1 aromatic rings. The number of aryl methyl sites for hydroxylation is 1. The highest BCUT2D eigenvalue weighted by molar-refractivity contribution is 5.87. The monoisotopic (exact) mass is 251 g/mol. The first-order valence-corrected chi connectivity index (χ1v) is 5.99. The number of rotatable bonds is 2. The number of hydrogen-bond acceptors (Lipinski definition) is 3. The third-order valence-electron chi connectivity index (χ3n) is 3.63. The molecule has 0 spiro atoms. The van der Waals surface area contributed by atoms with E-state index in [0.29, 0.717) is 13.2 Å². The standard InChI is InChI=1S/C13H17NO4/c1-9-7-11(15)10(12(16)17)8-14(9)13(2)3-5-18-6-4-13/h7-8H,3-6H2,1-2H3,(H,16,17). The third-order valence-corrected chi connectivity index (χ3v) is 3.63. The van der Waals surface area contributed by atoms with E-state index in [1.54, 1.807) is 0 Å². The molecule has 0 radical (unpaired) electrons. The predicted octanol–water partition coefficient (Wildman–Crippen LogP) is 1.38. The lowest BCUT2D eigenvalue weighted by Crippen LogP contribution is -2.39. The van der Waals surface area contributed by atoms with E-state index in [4.69, 9.17) is 9.84 Å². The van der Waals surface area contributed by atoms with Gasteiger partial charge in [0.25, 0.3) is 0 Å². The Morgan fingerprint density at radius 2 is 2.06 bits per heavy atom. The van der Waals surface area contributed by atoms with Gasteiger partial charge < -0.3 is 14.4 Å². The number of aromatic nitrogens is 1. The van der Waals surface area contributed by atoms with Crippen LogP contribution in [-0.2, 0) is 10.3 Å². The first kappa shape index (κ1) is 12.8. The average Bonchev–Trinajstić information content (AvgIpc) is 2.29. The Bertz CT molecular complexity index is 526. The number of pyridine rings is 1. The SMILES string of the molecule is Cc1cc(=O)c(C(=O)O)cn1C1(C)CCOCC1. The van der Waals surface area contributed by atoms with Gasteiger partial charge in [0, 0.05) is 36.7 Å². The fraction of sp³-hybridized carbons (Fsp3) is 0.538. The second-order valence-corrected chi connectivity index (χ2v) is 4.98. The van der Waals surface area contributed by atoms with Gasteiger partial charge in [-0.3, -0.25) is 4.79 Å². The number of carboxylic acid groups (broad SMARTS) is 1. The number of carboxylic acids is 1. The maximum atomic E-state index is 11.6. The van der Waals surface area contributed by atoms with Crippen molar-refractivity contribution in [1.29, 1.82) is 0 Å². The summed E-state index contributed by atoms with van der Waals surface area (Å²) in [7, 11) is 0. The zero-order chi connectivity index (χ0) is 13.3. The third kappa shape index (κ3) is 2.18. The van der Waals surface area contributed by atoms with Crippen molar-refractivity contribution >= 4 is 5.97 Å². The average molecular weight is 251 g/mol. The molecule has 2 heterocycles. The van der Waals surface area contributed by atoms with Gasteiger partial charge in [0.05, 0.1) is 0 Å². The van der Waals surface area contributed by atoms with E-state index in [1.165, 1.54) is 12.3 Å². The molecule has 1 aliphatic rings. The van der Waals surface area contributed by atoms with Crippen LogP contribution >= 0.6 is 0 Å². The van der Waals surface area contributed by atoms with E-state index < -0.39 is 11.4 Å². The molecule has 0 aromatic carbocycles. The van der Waals surface area contributed by atoms with Crippen molar-refractivity contribution in [1.82, 2.24) is 4.57 Å². The number of aromatic carboxylic acids is 1. The molecule has 1 fully saturated rings. The highest BCUT2D eigenvalue weighted by Gasteiger charge is 2.30. The summed E-state index contributed by atoms with van der Waals surface area (Å²) in [5.74, 6) is -1.18. The van der Waals surface area contributed by atoms with Crippen molar-refractivity contribution < 1.29 is 14.6 Å². The van der Waals surface area contributed by atoms with Gasteiger partial charge in [0.2, 0.25) is 0 Å². The van der Waals surface area contributed by atoms with Crippen molar-refractivity contribution in [2.75, 3.05) is 13.2 Å². The fourth-order valence-electron chi connectivity index (χ4n) is 2.43. The van der Waals surface area contributed by atoms with Gasteiger partial charge in [-0.2, -0.15) is 0 Å². The van der Waals surface area contributed by atoms with Crippen LogP contribution in [0, 0.1) is 6.92 Å². The molecule has 1 N–H and O–H groups in total. The first-order chi connectivity index (χ1) is 8.44. The van der Waals surface area contributed by atoms with Crippen LogP contribution in [0.2, 0.25) is 0 Å². The molecule has 5 heteroatoms. The van der Waals surface area contributed by atoms with Gasteiger partial charge in [-0.25, -0.2) is 4.79 Å². The predicted molar refractivity (Wildman–Crippen MR) is 66.1 cm³/mol. The smallest absolute Gasteiger partial charge is 0.341 e. The number of hydrogen-bond donors (Lipinski definition) is 1. The van der Waals surface area contributed by atoms with E-state index >= 15 is 0 Å². The van der Waals surface area contributed by atoms with E-state index in [9.17, 15) is 9.59 Å². The summed E-state index contributed by atoms with van der Waals surface area (Å²) in [6.45, 7) is 5.21. The summed E-state index contributed by atoms with van der Waals surface area (Å²) in [5.41, 5.74) is -0.00474. The van der Waals surface area contributed by atoms with Crippen LogP contribution in [-0.4, -0.2) is 28.9 Å². The van der Waals surface area contributed by atoms with Gasteiger partial charge in [0.15, 0.2) is 5.43 Å². The van der Waals surface area contributed by atoms with Crippen molar-refractivity contribution in [2.45, 2.75) is 32.2 Å². The second-order valence-electron chi connectivity index (χ2n) is 4.98. The molecule has 0 bridgehead atoms. The second kappa shape index (κ2) is 4.57. The van der Waals surface area contributed by atoms with Crippen molar-refractivity contribution in [3.63, 3.8) is 0 Å². The maximum absolute atomic E-state index is 11.6. The van der Waals surface area contributed by atoms with Gasteiger partial charge in [0.1, 0.15) is 5.56 Å². The van der Waals surface area contributed by atoms with Crippen LogP contribution in [0.15, 0.2) is 17.1 Å². The molecule has 2 rings (SSSR count). The zero-order valence-corrected chi connectivity index (χ0v) is 10.6. The minimum absolute atomic E-state index is 0.173. The summed E-state index contributed by atoms with van der Waals surface area (Å²) in [5, 5.41) is 9.03. The van der Waals surface area contributed by atoms with E-state index in [2.05, 4.69) is 6.92 Å². The lowest BCUT2D eigenvalue weighted by atomic mass is 9.91. The number of carbonyl (C=O) groups is 1. The van der Waals surface area contributed by atoms with Gasteiger partial charge in [-0.1, -0.05) is 0 Å². The minimum Gasteiger partial charge on any atom is -0.477 e.